The van der Waals surface area contributed by atoms with E-state index in [1.54, 1.807) is 0 Å². The molecule has 1 aromatic carbocycles. The lowest BCUT2D eigenvalue weighted by atomic mass is 10.1. The summed E-state index contributed by atoms with van der Waals surface area (Å²) in [7, 11) is 0. The van der Waals surface area contributed by atoms with Gasteiger partial charge in [-0.05, 0) is 6.07 Å². The van der Waals surface area contributed by atoms with E-state index in [2.05, 4.69) is 12.6 Å². The highest BCUT2D eigenvalue weighted by molar-refractivity contribution is 7.96. The Balaban J connectivity index is 3.40. The first-order valence-electron chi connectivity index (χ1n) is 4.16. The third kappa shape index (κ3) is 2.97. The average Bonchev–Trinajstić information content (AvgIpc) is 2.15. The van der Waals surface area contributed by atoms with Crippen LogP contribution in [0.25, 0.3) is 0 Å². The van der Waals surface area contributed by atoms with Gasteiger partial charge in [-0.1, -0.05) is 0 Å². The maximum atomic E-state index is 13.2. The van der Waals surface area contributed by atoms with E-state index < -0.39 is 38.6 Å². The number of nitrogens with zero attached hydrogens (tertiary/aromatic N) is 2. The van der Waals surface area contributed by atoms with Crippen LogP contribution >= 0.6 is 12.6 Å². The van der Waals surface area contributed by atoms with Crippen LogP contribution < -0.4 is 0 Å². The van der Waals surface area contributed by atoms with Crippen LogP contribution in [0, 0.1) is 26.0 Å². The normalized spacial score (nSPS) is 10.0. The Kier molecular flexibility index (Phi) is 3.73. The Labute approximate surface area is 98.9 Å². The lowest BCUT2D eigenvalue weighted by Gasteiger charge is -2.01. The standard InChI is InChI=1S/C8H5FN2O5S/c9-5-1-4(2-8(12)17)6(10(13)14)3-7(5)11(15)16/h1,3H,2H2,(H,12,17). The van der Waals surface area contributed by atoms with Gasteiger partial charge >= 0.3 is 5.69 Å². The van der Waals surface area contributed by atoms with Gasteiger partial charge in [0.05, 0.1) is 15.9 Å². The van der Waals surface area contributed by atoms with Gasteiger partial charge in [0.1, 0.15) is 0 Å². The second-order valence-corrected chi connectivity index (χ2v) is 3.52. The molecule has 9 heteroatoms. The minimum atomic E-state index is -1.23. The molecule has 0 heterocycles. The Morgan fingerprint density at radius 1 is 1.24 bits per heavy atom. The van der Waals surface area contributed by atoms with Crippen molar-refractivity contribution in [2.75, 3.05) is 0 Å². The van der Waals surface area contributed by atoms with Crippen LogP contribution in [0.4, 0.5) is 15.8 Å². The highest BCUT2D eigenvalue weighted by atomic mass is 32.1. The quantitative estimate of drug-likeness (QED) is 0.503. The van der Waals surface area contributed by atoms with Crippen molar-refractivity contribution in [1.82, 2.24) is 0 Å². The maximum absolute atomic E-state index is 13.2. The van der Waals surface area contributed by atoms with E-state index in [0.29, 0.717) is 12.1 Å². The average molecular weight is 260 g/mol. The third-order valence-electron chi connectivity index (χ3n) is 1.88. The number of thiol groups is 1. The molecule has 1 aromatic rings. The van der Waals surface area contributed by atoms with Crippen LogP contribution in [-0.4, -0.2) is 15.0 Å². The van der Waals surface area contributed by atoms with Gasteiger partial charge in [0.25, 0.3) is 5.69 Å². The molecule has 0 saturated heterocycles. The van der Waals surface area contributed by atoms with Crippen molar-refractivity contribution >= 4 is 29.1 Å². The molecule has 0 radical (unpaired) electrons. The zero-order valence-electron chi connectivity index (χ0n) is 8.12. The largest absolute Gasteiger partial charge is 0.311 e. The van der Waals surface area contributed by atoms with Gasteiger partial charge in [0, 0.05) is 12.0 Å². The molecule has 0 fully saturated rings. The molecular formula is C8H5FN2O5S. The summed E-state index contributed by atoms with van der Waals surface area (Å²) in [5.41, 5.74) is -1.94. The number of carbonyl (C=O) groups is 1. The first-order chi connectivity index (χ1) is 7.82. The number of hydrogen-bond donors (Lipinski definition) is 1. The van der Waals surface area contributed by atoms with Gasteiger partial charge in [-0.25, -0.2) is 0 Å². The fourth-order valence-corrected chi connectivity index (χ4v) is 1.38. The van der Waals surface area contributed by atoms with E-state index in [1.165, 1.54) is 0 Å². The molecule has 90 valence electrons. The van der Waals surface area contributed by atoms with E-state index in [4.69, 9.17) is 0 Å². The SMILES string of the molecule is O=C(S)Cc1cc(F)c([N+](=O)[O-])cc1[N+](=O)[O-]. The monoisotopic (exact) mass is 260 g/mol. The predicted molar refractivity (Wildman–Crippen MR) is 57.4 cm³/mol. The van der Waals surface area contributed by atoms with Crippen LogP contribution in [0.15, 0.2) is 12.1 Å². The summed E-state index contributed by atoms with van der Waals surface area (Å²) in [6.07, 6.45) is -0.478. The molecule has 0 N–H and O–H groups in total. The first-order valence-corrected chi connectivity index (χ1v) is 4.60. The van der Waals surface area contributed by atoms with Crippen LogP contribution in [0.5, 0.6) is 0 Å². The molecule has 0 spiro atoms. The van der Waals surface area contributed by atoms with Crippen LogP contribution in [0.3, 0.4) is 0 Å². The summed E-state index contributed by atoms with van der Waals surface area (Å²) >= 11 is 3.41. The number of nitro groups is 2. The van der Waals surface area contributed by atoms with Crippen molar-refractivity contribution in [2.45, 2.75) is 6.42 Å². The first kappa shape index (κ1) is 13.0. The fourth-order valence-electron chi connectivity index (χ4n) is 1.21. The molecule has 0 atom stereocenters. The molecule has 1 rings (SSSR count). The van der Waals surface area contributed by atoms with E-state index >= 15 is 0 Å². The highest BCUT2D eigenvalue weighted by Gasteiger charge is 2.25. The molecule has 0 saturated carbocycles. The van der Waals surface area contributed by atoms with Crippen LogP contribution in [-0.2, 0) is 11.2 Å². The second kappa shape index (κ2) is 4.87. The molecule has 0 aliphatic heterocycles. The van der Waals surface area contributed by atoms with Crippen molar-refractivity contribution in [3.05, 3.63) is 43.7 Å². The Morgan fingerprint density at radius 3 is 2.18 bits per heavy atom. The minimum Gasteiger partial charge on any atom is -0.287 e. The third-order valence-corrected chi connectivity index (χ3v) is 2.04. The van der Waals surface area contributed by atoms with Gasteiger partial charge in [-0.3, -0.25) is 25.0 Å². The lowest BCUT2D eigenvalue weighted by molar-refractivity contribution is -0.396. The number of carbonyl (C=O) groups excluding carboxylic acids is 1. The van der Waals surface area contributed by atoms with E-state index in [-0.39, 0.29) is 5.56 Å². The van der Waals surface area contributed by atoms with Gasteiger partial charge in [0.15, 0.2) is 5.12 Å². The van der Waals surface area contributed by atoms with Crippen molar-refractivity contribution in [3.8, 4) is 0 Å². The number of nitro benzene ring substituents is 2. The summed E-state index contributed by atoms with van der Waals surface area (Å²) in [5, 5.41) is 20.3. The van der Waals surface area contributed by atoms with Crippen molar-refractivity contribution < 1.29 is 19.0 Å². The number of benzene rings is 1. The molecule has 0 bridgehead atoms. The van der Waals surface area contributed by atoms with Gasteiger partial charge in [-0.2, -0.15) is 4.39 Å². The van der Waals surface area contributed by atoms with Gasteiger partial charge in [-0.15, -0.1) is 12.6 Å². The summed E-state index contributed by atoms with van der Waals surface area (Å²) in [4.78, 5) is 29.7. The van der Waals surface area contributed by atoms with E-state index in [9.17, 15) is 29.4 Å². The zero-order chi connectivity index (χ0) is 13.2. The van der Waals surface area contributed by atoms with E-state index in [1.807, 2.05) is 0 Å². The summed E-state index contributed by atoms with van der Waals surface area (Å²) in [5.74, 6) is -1.23. The zero-order valence-corrected chi connectivity index (χ0v) is 9.02. The lowest BCUT2D eigenvalue weighted by Crippen LogP contribution is -2.03. The predicted octanol–water partition coefficient (Wildman–Crippen LogP) is 1.64. The second-order valence-electron chi connectivity index (χ2n) is 3.02. The number of rotatable bonds is 4. The van der Waals surface area contributed by atoms with Gasteiger partial charge < -0.3 is 0 Å². The van der Waals surface area contributed by atoms with Crippen molar-refractivity contribution in [1.29, 1.82) is 0 Å². The Morgan fingerprint density at radius 2 is 1.76 bits per heavy atom. The molecule has 0 aliphatic carbocycles. The minimum absolute atomic E-state index is 0.252. The Bertz CT molecular complexity index is 519. The fraction of sp³-hybridized carbons (Fsp3) is 0.125. The molecule has 0 aliphatic rings. The molecule has 0 unspecified atom stereocenters. The van der Waals surface area contributed by atoms with Crippen LogP contribution in [0.2, 0.25) is 0 Å². The van der Waals surface area contributed by atoms with Crippen molar-refractivity contribution in [3.63, 3.8) is 0 Å². The highest BCUT2D eigenvalue weighted by Crippen LogP contribution is 2.28. The summed E-state index contributed by atoms with van der Waals surface area (Å²) in [6, 6.07) is 1.09. The molecule has 0 amide bonds. The maximum Gasteiger partial charge on any atom is 0.311 e. The van der Waals surface area contributed by atoms with E-state index in [0.717, 1.165) is 0 Å². The summed E-state index contributed by atoms with van der Waals surface area (Å²) in [6.45, 7) is 0. The molecule has 0 aromatic heterocycles. The van der Waals surface area contributed by atoms with Crippen molar-refractivity contribution in [2.24, 2.45) is 0 Å². The molecular weight excluding hydrogens is 255 g/mol. The number of halogens is 1. The Hall–Kier alpha value is -2.03. The molecule has 7 nitrogen and oxygen atoms in total. The topological polar surface area (TPSA) is 103 Å². The summed E-state index contributed by atoms with van der Waals surface area (Å²) < 4.78 is 13.2. The smallest absolute Gasteiger partial charge is 0.287 e. The number of hydrogen-bond acceptors (Lipinski definition) is 5. The molecule has 17 heavy (non-hydrogen) atoms. The van der Waals surface area contributed by atoms with Crippen LogP contribution in [0.1, 0.15) is 5.56 Å². The van der Waals surface area contributed by atoms with Gasteiger partial charge in [0.2, 0.25) is 5.82 Å².